The van der Waals surface area contributed by atoms with Crippen LogP contribution in [0.3, 0.4) is 0 Å². The number of nitrogens with one attached hydrogen (secondary N) is 1. The summed E-state index contributed by atoms with van der Waals surface area (Å²) < 4.78 is 11.3. The van der Waals surface area contributed by atoms with Crippen LogP contribution in [0.4, 0.5) is 0 Å². The molecule has 1 fully saturated rings. The summed E-state index contributed by atoms with van der Waals surface area (Å²) >= 11 is 0. The van der Waals surface area contributed by atoms with E-state index in [1.165, 1.54) is 276 Å². The van der Waals surface area contributed by atoms with E-state index in [0.717, 1.165) is 44.9 Å². The third kappa shape index (κ3) is 47.0. The van der Waals surface area contributed by atoms with Crippen molar-refractivity contribution in [1.29, 1.82) is 0 Å². The fourth-order valence-electron chi connectivity index (χ4n) is 11.1. The highest BCUT2D eigenvalue weighted by Crippen LogP contribution is 2.23. The van der Waals surface area contributed by atoms with E-state index in [9.17, 15) is 30.3 Å². The molecule has 0 aromatic carbocycles. The van der Waals surface area contributed by atoms with E-state index in [1.54, 1.807) is 6.08 Å². The highest BCUT2D eigenvalue weighted by Gasteiger charge is 2.44. The maximum Gasteiger partial charge on any atom is 0.220 e. The summed E-state index contributed by atoms with van der Waals surface area (Å²) in [5.74, 6) is -0.170. The van der Waals surface area contributed by atoms with Crippen molar-refractivity contribution in [1.82, 2.24) is 5.32 Å². The lowest BCUT2D eigenvalue weighted by molar-refractivity contribution is -0.302. The van der Waals surface area contributed by atoms with Crippen LogP contribution in [0.15, 0.2) is 36.5 Å². The summed E-state index contributed by atoms with van der Waals surface area (Å²) in [4.78, 5) is 13.1. The van der Waals surface area contributed by atoms with E-state index >= 15 is 0 Å². The number of allylic oxidation sites excluding steroid dienone is 5. The smallest absolute Gasteiger partial charge is 0.220 e. The molecule has 78 heavy (non-hydrogen) atoms. The number of amides is 1. The Labute approximate surface area is 482 Å². The lowest BCUT2D eigenvalue weighted by atomic mass is 9.99. The van der Waals surface area contributed by atoms with Crippen LogP contribution >= 0.6 is 0 Å². The molecule has 1 aliphatic heterocycles. The van der Waals surface area contributed by atoms with Crippen LogP contribution in [0, 0.1) is 0 Å². The summed E-state index contributed by atoms with van der Waals surface area (Å²) in [5.41, 5.74) is 0. The van der Waals surface area contributed by atoms with E-state index in [0.29, 0.717) is 6.42 Å². The number of unbranched alkanes of at least 4 members (excludes halogenated alkanes) is 46. The minimum Gasteiger partial charge on any atom is -0.394 e. The Morgan fingerprint density at radius 2 is 0.756 bits per heavy atom. The monoisotopic (exact) mass is 1100 g/mol. The summed E-state index contributed by atoms with van der Waals surface area (Å²) in [7, 11) is 0. The van der Waals surface area contributed by atoms with Crippen molar-refractivity contribution in [2.24, 2.45) is 0 Å². The van der Waals surface area contributed by atoms with Crippen molar-refractivity contribution in [3.8, 4) is 0 Å². The average Bonchev–Trinajstić information content (AvgIpc) is 3.45. The summed E-state index contributed by atoms with van der Waals surface area (Å²) in [6.45, 7) is 3.80. The number of aliphatic hydroxyl groups is 5. The zero-order chi connectivity index (χ0) is 56.5. The van der Waals surface area contributed by atoms with Crippen LogP contribution in [0.1, 0.15) is 341 Å². The van der Waals surface area contributed by atoms with Gasteiger partial charge in [-0.3, -0.25) is 4.79 Å². The van der Waals surface area contributed by atoms with Gasteiger partial charge in [-0.1, -0.05) is 320 Å². The first-order valence-corrected chi connectivity index (χ1v) is 34.2. The molecule has 9 heteroatoms. The van der Waals surface area contributed by atoms with E-state index < -0.39 is 49.5 Å². The molecule has 1 amide bonds. The van der Waals surface area contributed by atoms with Crippen LogP contribution < -0.4 is 5.32 Å². The molecule has 0 bridgehead atoms. The average molecular weight is 1100 g/mol. The number of rotatable bonds is 60. The normalized spacial score (nSPS) is 18.8. The molecule has 0 aliphatic carbocycles. The predicted molar refractivity (Wildman–Crippen MR) is 332 cm³/mol. The second kappa shape index (κ2) is 58.6. The van der Waals surface area contributed by atoms with Gasteiger partial charge >= 0.3 is 0 Å². The third-order valence-corrected chi connectivity index (χ3v) is 16.5. The van der Waals surface area contributed by atoms with Crippen molar-refractivity contribution in [2.45, 2.75) is 384 Å². The molecule has 0 aromatic rings. The molecule has 7 atom stereocenters. The van der Waals surface area contributed by atoms with Crippen LogP contribution in [-0.2, 0) is 14.3 Å². The largest absolute Gasteiger partial charge is 0.394 e. The van der Waals surface area contributed by atoms with E-state index in [2.05, 4.69) is 43.5 Å². The number of carbonyl (C=O) groups is 1. The van der Waals surface area contributed by atoms with E-state index in [4.69, 9.17) is 9.47 Å². The zero-order valence-corrected chi connectivity index (χ0v) is 51.4. The van der Waals surface area contributed by atoms with Crippen LogP contribution in [-0.4, -0.2) is 87.5 Å². The van der Waals surface area contributed by atoms with Gasteiger partial charge in [0.15, 0.2) is 6.29 Å². The number of hydrogen-bond donors (Lipinski definition) is 6. The second-order valence-corrected chi connectivity index (χ2v) is 24.0. The first-order valence-electron chi connectivity index (χ1n) is 34.2. The van der Waals surface area contributed by atoms with Gasteiger partial charge in [-0.05, 0) is 51.4 Å². The molecule has 6 N–H and O–H groups in total. The Kier molecular flexibility index (Phi) is 55.9. The quantitative estimate of drug-likeness (QED) is 0.0261. The summed E-state index contributed by atoms with van der Waals surface area (Å²) in [5, 5.41) is 54.6. The minimum atomic E-state index is -1.56. The Hall–Kier alpha value is -1.59. The molecule has 0 aromatic heterocycles. The van der Waals surface area contributed by atoms with Crippen molar-refractivity contribution in [3.63, 3.8) is 0 Å². The highest BCUT2D eigenvalue weighted by atomic mass is 16.7. The lowest BCUT2D eigenvalue weighted by Crippen LogP contribution is -2.60. The van der Waals surface area contributed by atoms with Crippen LogP contribution in [0.25, 0.3) is 0 Å². The molecule has 1 rings (SSSR count). The minimum absolute atomic E-state index is 0.170. The predicted octanol–water partition coefficient (Wildman–Crippen LogP) is 18.3. The molecule has 7 unspecified atom stereocenters. The SMILES string of the molecule is CCCCCCC/C=C\C/C=C\CCCCCCCCCCCCCCCCCCCCCCCCCCCCCC(=O)NC(COC1OC(CO)C(O)C(O)C1O)C(O)/C=C/CCCCCCCCCCCCCCCC. The maximum atomic E-state index is 13.1. The van der Waals surface area contributed by atoms with Gasteiger partial charge in [0.25, 0.3) is 0 Å². The number of ether oxygens (including phenoxy) is 2. The Balaban J connectivity index is 2.04. The van der Waals surface area contributed by atoms with Gasteiger partial charge < -0.3 is 40.3 Å². The van der Waals surface area contributed by atoms with Gasteiger partial charge in [0, 0.05) is 6.42 Å². The topological polar surface area (TPSA) is 149 Å². The van der Waals surface area contributed by atoms with E-state index in [-0.39, 0.29) is 12.5 Å². The molecule has 0 saturated carbocycles. The Morgan fingerprint density at radius 1 is 0.436 bits per heavy atom. The first-order chi connectivity index (χ1) is 38.3. The summed E-state index contributed by atoms with van der Waals surface area (Å²) in [6, 6.07) is -0.802. The van der Waals surface area contributed by atoms with Crippen molar-refractivity contribution >= 4 is 5.91 Å². The second-order valence-electron chi connectivity index (χ2n) is 24.0. The molecule has 1 heterocycles. The lowest BCUT2D eigenvalue weighted by Gasteiger charge is -2.40. The fourth-order valence-corrected chi connectivity index (χ4v) is 11.1. The van der Waals surface area contributed by atoms with Crippen LogP contribution in [0.2, 0.25) is 0 Å². The van der Waals surface area contributed by atoms with Gasteiger partial charge in [-0.15, -0.1) is 0 Å². The van der Waals surface area contributed by atoms with Gasteiger partial charge in [-0.25, -0.2) is 0 Å². The molecule has 9 nitrogen and oxygen atoms in total. The molecule has 460 valence electrons. The Morgan fingerprint density at radius 3 is 1.10 bits per heavy atom. The zero-order valence-electron chi connectivity index (χ0n) is 51.4. The molecule has 1 saturated heterocycles. The highest BCUT2D eigenvalue weighted by molar-refractivity contribution is 5.76. The van der Waals surface area contributed by atoms with E-state index in [1.807, 2.05) is 6.08 Å². The number of hydrogen-bond acceptors (Lipinski definition) is 8. The standard InChI is InChI=1S/C69H131NO8/c1-3-5-7-9-11-13-15-17-19-21-22-23-24-25-26-27-28-29-30-31-32-33-34-35-36-37-38-39-40-41-42-43-45-47-49-51-53-55-57-59-65(73)70-62(61-77-69-68(76)67(75)66(74)64(60-71)78-69)63(72)58-56-54-52-50-48-46-44-20-18-16-14-12-10-8-6-4-2/h15,17,21-22,56,58,62-64,66-69,71-72,74-76H,3-14,16,18-20,23-55,57,59-61H2,1-2H3,(H,70,73)/b17-15-,22-21-,58-56+. The van der Waals surface area contributed by atoms with Gasteiger partial charge in [0.2, 0.25) is 5.91 Å². The number of aliphatic hydroxyl groups excluding tert-OH is 5. The maximum absolute atomic E-state index is 13.1. The molecule has 1 aliphatic rings. The Bertz CT molecular complexity index is 1320. The van der Waals surface area contributed by atoms with Gasteiger partial charge in [0.1, 0.15) is 24.4 Å². The molecule has 0 radical (unpaired) electrons. The van der Waals surface area contributed by atoms with Crippen molar-refractivity contribution in [3.05, 3.63) is 36.5 Å². The van der Waals surface area contributed by atoms with Crippen LogP contribution in [0.5, 0.6) is 0 Å². The molecular formula is C69H131NO8. The molecular weight excluding hydrogens is 971 g/mol. The summed E-state index contributed by atoms with van der Waals surface area (Å²) in [6.07, 6.45) is 71.2. The van der Waals surface area contributed by atoms with Crippen molar-refractivity contribution < 1.29 is 39.8 Å². The number of carbonyl (C=O) groups excluding carboxylic acids is 1. The van der Waals surface area contributed by atoms with Gasteiger partial charge in [-0.2, -0.15) is 0 Å². The third-order valence-electron chi connectivity index (χ3n) is 16.5. The van der Waals surface area contributed by atoms with Gasteiger partial charge in [0.05, 0.1) is 25.4 Å². The first kappa shape index (κ1) is 74.4. The fraction of sp³-hybridized carbons (Fsp3) is 0.899. The molecule has 0 spiro atoms. The van der Waals surface area contributed by atoms with Crippen molar-refractivity contribution in [2.75, 3.05) is 13.2 Å².